The lowest BCUT2D eigenvalue weighted by molar-refractivity contribution is 1.25. The topological polar surface area (TPSA) is 25.2 Å². The molecule has 0 saturated carbocycles. The Kier molecular flexibility index (Phi) is 6.81. The first-order chi connectivity index (χ1) is 7.27. The summed E-state index contributed by atoms with van der Waals surface area (Å²) in [6.07, 6.45) is 4.91. The van der Waals surface area contributed by atoms with Gasteiger partial charge in [-0.3, -0.25) is 9.98 Å². The zero-order valence-corrected chi connectivity index (χ0v) is 9.70. The second-order valence-corrected chi connectivity index (χ2v) is 2.62. The van der Waals surface area contributed by atoms with E-state index in [1.165, 1.54) is 6.20 Å². The summed E-state index contributed by atoms with van der Waals surface area (Å²) in [7, 11) is 0. The predicted molar refractivity (Wildman–Crippen MR) is 67.3 cm³/mol. The first kappa shape index (κ1) is 13.3. The second kappa shape index (κ2) is 7.68. The summed E-state index contributed by atoms with van der Waals surface area (Å²) in [5, 5.41) is 0. The average molecular weight is 202 g/mol. The molecular formula is C13H18N2. The third-order valence-electron chi connectivity index (χ3n) is 1.60. The Morgan fingerprint density at radius 3 is 2.53 bits per heavy atom. The number of aryl methyl sites for hydroxylation is 1. The van der Waals surface area contributed by atoms with Gasteiger partial charge in [0.25, 0.3) is 0 Å². The molecule has 1 aromatic rings. The minimum atomic E-state index is 0.749. The van der Waals surface area contributed by atoms with Crippen molar-refractivity contribution >= 4 is 5.71 Å². The third kappa shape index (κ3) is 4.36. The van der Waals surface area contributed by atoms with E-state index in [2.05, 4.69) is 23.1 Å². The Balaban J connectivity index is 0.000000921. The normalized spacial score (nSPS) is 9.93. The van der Waals surface area contributed by atoms with Crippen LogP contribution in [0.5, 0.6) is 0 Å². The van der Waals surface area contributed by atoms with Gasteiger partial charge in [-0.15, -0.1) is 0 Å². The van der Waals surface area contributed by atoms with Gasteiger partial charge < -0.3 is 0 Å². The van der Waals surface area contributed by atoms with Crippen molar-refractivity contribution in [3.63, 3.8) is 0 Å². The molecule has 1 rings (SSSR count). The maximum atomic E-state index is 4.18. The Morgan fingerprint density at radius 2 is 2.07 bits per heavy atom. The lowest BCUT2D eigenvalue weighted by Gasteiger charge is -1.99. The molecule has 0 bridgehead atoms. The molecule has 2 nitrogen and oxygen atoms in total. The van der Waals surface area contributed by atoms with Crippen LogP contribution in [0.3, 0.4) is 0 Å². The van der Waals surface area contributed by atoms with Gasteiger partial charge in [0, 0.05) is 12.4 Å². The van der Waals surface area contributed by atoms with E-state index in [9.17, 15) is 0 Å². The summed E-state index contributed by atoms with van der Waals surface area (Å²) in [4.78, 5) is 8.23. The summed E-state index contributed by atoms with van der Waals surface area (Å²) in [6, 6.07) is 3.90. The van der Waals surface area contributed by atoms with Crippen LogP contribution in [-0.2, 0) is 0 Å². The van der Waals surface area contributed by atoms with Crippen molar-refractivity contribution in [2.75, 3.05) is 0 Å². The van der Waals surface area contributed by atoms with Crippen molar-refractivity contribution in [3.8, 4) is 0 Å². The van der Waals surface area contributed by atoms with Gasteiger partial charge in [-0.1, -0.05) is 27.0 Å². The van der Waals surface area contributed by atoms with E-state index < -0.39 is 0 Å². The molecule has 0 atom stereocenters. The number of rotatable bonds is 3. The van der Waals surface area contributed by atoms with Crippen molar-refractivity contribution in [2.45, 2.75) is 20.8 Å². The van der Waals surface area contributed by atoms with E-state index in [-0.39, 0.29) is 0 Å². The number of hydrogen-bond acceptors (Lipinski definition) is 2. The van der Waals surface area contributed by atoms with Gasteiger partial charge in [-0.2, -0.15) is 0 Å². The fourth-order valence-electron chi connectivity index (χ4n) is 0.998. The zero-order chi connectivity index (χ0) is 11.7. The number of pyridine rings is 1. The molecule has 0 unspecified atom stereocenters. The largest absolute Gasteiger partial charge is 0.255 e. The number of nitrogens with zero attached hydrogens (tertiary/aromatic N) is 2. The van der Waals surface area contributed by atoms with Gasteiger partial charge in [0.15, 0.2) is 0 Å². The fraction of sp³-hybridized carbons (Fsp3) is 0.231. The molecule has 0 saturated heterocycles. The smallest absolute Gasteiger partial charge is 0.0888 e. The van der Waals surface area contributed by atoms with Crippen LogP contribution in [0.2, 0.25) is 0 Å². The monoisotopic (exact) mass is 202 g/mol. The molecule has 80 valence electrons. The second-order valence-electron chi connectivity index (χ2n) is 2.62. The minimum absolute atomic E-state index is 0.749. The van der Waals surface area contributed by atoms with Crippen molar-refractivity contribution in [3.05, 3.63) is 55.0 Å². The summed E-state index contributed by atoms with van der Waals surface area (Å²) < 4.78 is 0. The van der Waals surface area contributed by atoms with Gasteiger partial charge in [0.1, 0.15) is 0 Å². The summed E-state index contributed by atoms with van der Waals surface area (Å²) in [6.45, 7) is 13.2. The van der Waals surface area contributed by atoms with Crippen molar-refractivity contribution < 1.29 is 0 Å². The SMILES string of the molecule is C=CN=C(C=C)c1cc(C)ccn1.CC. The highest BCUT2D eigenvalue weighted by Gasteiger charge is 1.98. The van der Waals surface area contributed by atoms with Crippen LogP contribution >= 0.6 is 0 Å². The highest BCUT2D eigenvalue weighted by molar-refractivity contribution is 6.07. The third-order valence-corrected chi connectivity index (χ3v) is 1.60. The molecule has 0 aliphatic heterocycles. The Hall–Kier alpha value is -1.70. The van der Waals surface area contributed by atoms with Gasteiger partial charge in [-0.05, 0) is 30.7 Å². The molecule has 0 radical (unpaired) electrons. The lowest BCUT2D eigenvalue weighted by Crippen LogP contribution is -1.99. The van der Waals surface area contributed by atoms with E-state index in [1.54, 1.807) is 12.3 Å². The van der Waals surface area contributed by atoms with E-state index in [0.29, 0.717) is 0 Å². The molecule has 2 heteroatoms. The van der Waals surface area contributed by atoms with Crippen LogP contribution < -0.4 is 0 Å². The van der Waals surface area contributed by atoms with Gasteiger partial charge in [0.2, 0.25) is 0 Å². The molecule has 0 N–H and O–H groups in total. The van der Waals surface area contributed by atoms with Gasteiger partial charge in [0.05, 0.1) is 11.4 Å². The lowest BCUT2D eigenvalue weighted by atomic mass is 10.2. The number of allylic oxidation sites excluding steroid dienone is 1. The average Bonchev–Trinajstić information content (AvgIpc) is 2.28. The van der Waals surface area contributed by atoms with Crippen molar-refractivity contribution in [1.82, 2.24) is 4.98 Å². The van der Waals surface area contributed by atoms with Gasteiger partial charge in [-0.25, -0.2) is 0 Å². The molecular weight excluding hydrogens is 184 g/mol. The first-order valence-corrected chi connectivity index (χ1v) is 5.02. The van der Waals surface area contributed by atoms with E-state index in [1.807, 2.05) is 32.9 Å². The van der Waals surface area contributed by atoms with E-state index in [4.69, 9.17) is 0 Å². The molecule has 1 heterocycles. The summed E-state index contributed by atoms with van der Waals surface area (Å²) >= 11 is 0. The summed E-state index contributed by atoms with van der Waals surface area (Å²) in [5.41, 5.74) is 2.73. The predicted octanol–water partition coefficient (Wildman–Crippen LogP) is 3.53. The quantitative estimate of drug-likeness (QED) is 0.688. The Labute approximate surface area is 92.1 Å². The first-order valence-electron chi connectivity index (χ1n) is 5.02. The van der Waals surface area contributed by atoms with Crippen LogP contribution in [-0.4, -0.2) is 10.7 Å². The molecule has 0 aliphatic carbocycles. The van der Waals surface area contributed by atoms with Crippen LogP contribution in [0.15, 0.2) is 48.8 Å². The van der Waals surface area contributed by atoms with Crippen LogP contribution in [0, 0.1) is 6.92 Å². The van der Waals surface area contributed by atoms with Crippen LogP contribution in [0.4, 0.5) is 0 Å². The van der Waals surface area contributed by atoms with Gasteiger partial charge >= 0.3 is 0 Å². The Bertz CT molecular complexity index is 351. The van der Waals surface area contributed by atoms with E-state index in [0.717, 1.165) is 17.0 Å². The van der Waals surface area contributed by atoms with E-state index >= 15 is 0 Å². The minimum Gasteiger partial charge on any atom is -0.255 e. The maximum Gasteiger partial charge on any atom is 0.0888 e. The molecule has 0 aromatic carbocycles. The Morgan fingerprint density at radius 1 is 1.40 bits per heavy atom. The molecule has 0 spiro atoms. The standard InChI is InChI=1S/C11H12N2.C2H6/c1-4-10(12-5-2)11-8-9(3)6-7-13-11;1-2/h4-8H,1-2H2,3H3;1-2H3. The van der Waals surface area contributed by atoms with Crippen LogP contribution in [0.1, 0.15) is 25.1 Å². The molecule has 0 aliphatic rings. The fourth-order valence-corrected chi connectivity index (χ4v) is 0.998. The highest BCUT2D eigenvalue weighted by atomic mass is 14.8. The van der Waals surface area contributed by atoms with Crippen molar-refractivity contribution in [2.24, 2.45) is 4.99 Å². The maximum absolute atomic E-state index is 4.18. The molecule has 15 heavy (non-hydrogen) atoms. The molecule has 1 aromatic heterocycles. The number of aromatic nitrogens is 1. The molecule has 0 fully saturated rings. The summed E-state index contributed by atoms with van der Waals surface area (Å²) in [5.74, 6) is 0. The van der Waals surface area contributed by atoms with Crippen LogP contribution in [0.25, 0.3) is 0 Å². The van der Waals surface area contributed by atoms with Crippen molar-refractivity contribution in [1.29, 1.82) is 0 Å². The zero-order valence-electron chi connectivity index (χ0n) is 9.70. The number of hydrogen-bond donors (Lipinski definition) is 0. The molecule has 0 amide bonds. The highest BCUT2D eigenvalue weighted by Crippen LogP contribution is 2.02. The number of aliphatic imine (C=N–C) groups is 1.